The van der Waals surface area contributed by atoms with Gasteiger partial charge in [-0.3, -0.25) is 9.52 Å². The summed E-state index contributed by atoms with van der Waals surface area (Å²) in [5, 5.41) is 8.84. The van der Waals surface area contributed by atoms with Crippen LogP contribution in [0, 0.1) is 5.82 Å². The first-order valence-corrected chi connectivity index (χ1v) is 7.10. The highest BCUT2D eigenvalue weighted by Gasteiger charge is 2.22. The lowest BCUT2D eigenvalue weighted by Gasteiger charge is -2.10. The van der Waals surface area contributed by atoms with E-state index >= 15 is 0 Å². The van der Waals surface area contributed by atoms with Crippen molar-refractivity contribution in [3.8, 4) is 0 Å². The molecule has 9 heteroatoms. The summed E-state index contributed by atoms with van der Waals surface area (Å²) < 4.78 is 43.0. The minimum Gasteiger partial charge on any atom is -0.478 e. The highest BCUT2D eigenvalue weighted by molar-refractivity contribution is 7.93. The number of benzene rings is 1. The van der Waals surface area contributed by atoms with Crippen molar-refractivity contribution in [1.82, 2.24) is 0 Å². The molecule has 0 fully saturated rings. The van der Waals surface area contributed by atoms with Crippen molar-refractivity contribution in [2.75, 3.05) is 17.1 Å². The molecular weight excluding hydrogens is 293 g/mol. The first-order chi connectivity index (χ1) is 9.26. The fraction of sp³-hybridized carbons (Fsp3) is 0.273. The number of nitrogens with one attached hydrogen (secondary N) is 1. The molecule has 0 aliphatic rings. The van der Waals surface area contributed by atoms with Gasteiger partial charge in [0.15, 0.2) is 5.75 Å². The van der Waals surface area contributed by atoms with Gasteiger partial charge >= 0.3 is 11.9 Å². The van der Waals surface area contributed by atoms with Gasteiger partial charge in [0.05, 0.1) is 12.3 Å². The molecule has 0 unspecified atom stereocenters. The van der Waals surface area contributed by atoms with Crippen LogP contribution in [0.2, 0.25) is 0 Å². The monoisotopic (exact) mass is 305 g/mol. The second-order valence-corrected chi connectivity index (χ2v) is 5.36. The van der Waals surface area contributed by atoms with Gasteiger partial charge in [0.25, 0.3) is 0 Å². The Morgan fingerprint density at radius 1 is 1.40 bits per heavy atom. The minimum atomic E-state index is -4.18. The summed E-state index contributed by atoms with van der Waals surface area (Å²) in [6, 6.07) is 3.10. The van der Waals surface area contributed by atoms with E-state index in [1.165, 1.54) is 6.92 Å². The molecule has 20 heavy (non-hydrogen) atoms. The zero-order valence-electron chi connectivity index (χ0n) is 10.4. The first kappa shape index (κ1) is 15.9. The van der Waals surface area contributed by atoms with Crippen molar-refractivity contribution in [2.45, 2.75) is 6.92 Å². The van der Waals surface area contributed by atoms with Crippen LogP contribution in [-0.2, 0) is 19.6 Å². The van der Waals surface area contributed by atoms with E-state index in [9.17, 15) is 22.4 Å². The topological polar surface area (TPSA) is 110 Å². The molecule has 0 aliphatic carbocycles. The van der Waals surface area contributed by atoms with E-state index in [1.807, 2.05) is 4.72 Å². The molecule has 0 radical (unpaired) electrons. The fourth-order valence-electron chi connectivity index (χ4n) is 1.39. The number of hydrogen-bond donors (Lipinski definition) is 2. The van der Waals surface area contributed by atoms with Gasteiger partial charge in [-0.15, -0.1) is 0 Å². The Labute approximate surface area is 114 Å². The second kappa shape index (κ2) is 6.33. The van der Waals surface area contributed by atoms with E-state index in [1.54, 1.807) is 0 Å². The Bertz CT molecular complexity index is 628. The molecule has 0 aliphatic heterocycles. The molecular formula is C11H12FNO6S. The van der Waals surface area contributed by atoms with Crippen LogP contribution >= 0.6 is 0 Å². The average Bonchev–Trinajstić information content (AvgIpc) is 2.26. The quantitative estimate of drug-likeness (QED) is 0.753. The molecule has 0 atom stereocenters. The molecule has 0 saturated heterocycles. The summed E-state index contributed by atoms with van der Waals surface area (Å²) in [5.74, 6) is -4.70. The number of anilines is 1. The molecule has 0 amide bonds. The van der Waals surface area contributed by atoms with Crippen LogP contribution in [0.4, 0.5) is 10.1 Å². The van der Waals surface area contributed by atoms with Crippen molar-refractivity contribution in [3.05, 3.63) is 29.6 Å². The van der Waals surface area contributed by atoms with Gasteiger partial charge < -0.3 is 9.84 Å². The van der Waals surface area contributed by atoms with Gasteiger partial charge in [-0.1, -0.05) is 6.07 Å². The van der Waals surface area contributed by atoms with Crippen LogP contribution in [0.1, 0.15) is 17.3 Å². The smallest absolute Gasteiger partial charge is 0.340 e. The van der Waals surface area contributed by atoms with Gasteiger partial charge in [-0.05, 0) is 19.1 Å². The number of carboxylic acid groups (broad SMARTS) is 1. The lowest BCUT2D eigenvalue weighted by molar-refractivity contribution is -0.139. The molecule has 0 saturated carbocycles. The molecule has 1 aromatic rings. The number of esters is 1. The van der Waals surface area contributed by atoms with Gasteiger partial charge in [0.1, 0.15) is 11.4 Å². The van der Waals surface area contributed by atoms with Gasteiger partial charge in [-0.25, -0.2) is 17.6 Å². The number of carbonyl (C=O) groups is 2. The van der Waals surface area contributed by atoms with Gasteiger partial charge in [-0.2, -0.15) is 0 Å². The Balaban J connectivity index is 3.01. The summed E-state index contributed by atoms with van der Waals surface area (Å²) in [6.07, 6.45) is 0. The molecule has 0 aromatic heterocycles. The summed E-state index contributed by atoms with van der Waals surface area (Å²) in [6.45, 7) is 1.52. The van der Waals surface area contributed by atoms with Crippen molar-refractivity contribution >= 4 is 27.6 Å². The summed E-state index contributed by atoms with van der Waals surface area (Å²) >= 11 is 0. The molecule has 0 heterocycles. The maximum atomic E-state index is 13.4. The highest BCUT2D eigenvalue weighted by Crippen LogP contribution is 2.20. The lowest BCUT2D eigenvalue weighted by atomic mass is 10.2. The third-order valence-electron chi connectivity index (χ3n) is 2.11. The van der Waals surface area contributed by atoms with Crippen molar-refractivity contribution in [3.63, 3.8) is 0 Å². The van der Waals surface area contributed by atoms with E-state index in [0.29, 0.717) is 0 Å². The van der Waals surface area contributed by atoms with Crippen LogP contribution < -0.4 is 4.72 Å². The maximum absolute atomic E-state index is 13.4. The number of carboxylic acids is 1. The van der Waals surface area contributed by atoms with Gasteiger partial charge in [0, 0.05) is 0 Å². The van der Waals surface area contributed by atoms with Crippen LogP contribution in [0.3, 0.4) is 0 Å². The Morgan fingerprint density at radius 3 is 2.60 bits per heavy atom. The minimum absolute atomic E-state index is 0.00863. The van der Waals surface area contributed by atoms with Crippen LogP contribution in [-0.4, -0.2) is 37.8 Å². The number of sulfonamides is 1. The van der Waals surface area contributed by atoms with Crippen molar-refractivity contribution in [2.24, 2.45) is 0 Å². The predicted octanol–water partition coefficient (Wildman–Crippen LogP) is 0.829. The highest BCUT2D eigenvalue weighted by atomic mass is 32.2. The third-order valence-corrected chi connectivity index (χ3v) is 3.25. The number of aromatic carboxylic acids is 1. The zero-order valence-corrected chi connectivity index (χ0v) is 11.2. The molecule has 7 nitrogen and oxygen atoms in total. The van der Waals surface area contributed by atoms with Crippen LogP contribution in [0.25, 0.3) is 0 Å². The van der Waals surface area contributed by atoms with Crippen LogP contribution in [0.5, 0.6) is 0 Å². The Kier molecular flexibility index (Phi) is 5.03. The first-order valence-electron chi connectivity index (χ1n) is 5.44. The Morgan fingerprint density at radius 2 is 2.05 bits per heavy atom. The summed E-state index contributed by atoms with van der Waals surface area (Å²) in [4.78, 5) is 22.0. The fourth-order valence-corrected chi connectivity index (χ4v) is 2.36. The predicted molar refractivity (Wildman–Crippen MR) is 67.4 cm³/mol. The molecule has 1 rings (SSSR count). The molecule has 110 valence electrons. The molecule has 0 bridgehead atoms. The van der Waals surface area contributed by atoms with E-state index in [0.717, 1.165) is 18.2 Å². The number of ether oxygens (including phenoxy) is 1. The van der Waals surface area contributed by atoms with Crippen LogP contribution in [0.15, 0.2) is 18.2 Å². The summed E-state index contributed by atoms with van der Waals surface area (Å²) in [5.41, 5.74) is -1.28. The summed E-state index contributed by atoms with van der Waals surface area (Å²) in [7, 11) is -4.18. The Hall–Kier alpha value is -2.16. The second-order valence-electron chi connectivity index (χ2n) is 3.63. The maximum Gasteiger partial charge on any atom is 0.340 e. The van der Waals surface area contributed by atoms with Gasteiger partial charge in [0.2, 0.25) is 10.0 Å². The molecule has 2 N–H and O–H groups in total. The normalized spacial score (nSPS) is 10.9. The van der Waals surface area contributed by atoms with E-state index in [-0.39, 0.29) is 6.61 Å². The SMILES string of the molecule is CCOC(=O)CS(=O)(=O)Nc1cccc(F)c1C(=O)O. The van der Waals surface area contributed by atoms with Crippen molar-refractivity contribution < 1.29 is 32.2 Å². The lowest BCUT2D eigenvalue weighted by Crippen LogP contribution is -2.25. The number of hydrogen-bond acceptors (Lipinski definition) is 5. The van der Waals surface area contributed by atoms with Crippen molar-refractivity contribution in [1.29, 1.82) is 0 Å². The van der Waals surface area contributed by atoms with E-state index < -0.39 is 44.8 Å². The third kappa shape index (κ3) is 4.19. The number of carbonyl (C=O) groups excluding carboxylic acids is 1. The van der Waals surface area contributed by atoms with E-state index in [2.05, 4.69) is 4.74 Å². The number of rotatable bonds is 6. The largest absolute Gasteiger partial charge is 0.478 e. The molecule has 1 aromatic carbocycles. The average molecular weight is 305 g/mol. The van der Waals surface area contributed by atoms with E-state index in [4.69, 9.17) is 5.11 Å². The number of halogens is 1. The standard InChI is InChI=1S/C11H12FNO6S/c1-2-19-9(14)6-20(17,18)13-8-5-3-4-7(12)10(8)11(15)16/h3-5,13H,2,6H2,1H3,(H,15,16). The molecule has 0 spiro atoms. The zero-order chi connectivity index (χ0) is 15.3.